The molecule has 2 aliphatic carbocycles. The van der Waals surface area contributed by atoms with Crippen LogP contribution < -0.4 is 5.73 Å². The van der Waals surface area contributed by atoms with Crippen molar-refractivity contribution in [2.45, 2.75) is 56.7 Å². The highest BCUT2D eigenvalue weighted by molar-refractivity contribution is 5.37. The van der Waals surface area contributed by atoms with Crippen LogP contribution in [0, 0.1) is 5.41 Å². The number of hydrogen-bond donors (Lipinski definition) is 2. The van der Waals surface area contributed by atoms with Gasteiger partial charge in [0.2, 0.25) is 0 Å². The molecule has 3 nitrogen and oxygen atoms in total. The summed E-state index contributed by atoms with van der Waals surface area (Å²) in [5.74, 6) is 0. The van der Waals surface area contributed by atoms with E-state index in [0.717, 1.165) is 25.8 Å². The van der Waals surface area contributed by atoms with Crippen LogP contribution >= 0.6 is 0 Å². The number of nitrogens with zero attached hydrogens (tertiary/aromatic N) is 1. The van der Waals surface area contributed by atoms with E-state index in [1.165, 1.54) is 24.0 Å². The Labute approximate surface area is 127 Å². The van der Waals surface area contributed by atoms with Crippen LogP contribution in [0.25, 0.3) is 0 Å². The fourth-order valence-electron chi connectivity index (χ4n) is 4.77. The first-order chi connectivity index (χ1) is 10.1. The van der Waals surface area contributed by atoms with E-state index in [-0.39, 0.29) is 5.41 Å². The minimum atomic E-state index is -0.636. The highest BCUT2D eigenvalue weighted by atomic mass is 16.3. The van der Waals surface area contributed by atoms with E-state index in [1.54, 1.807) is 0 Å². The van der Waals surface area contributed by atoms with Crippen molar-refractivity contribution < 1.29 is 5.11 Å². The van der Waals surface area contributed by atoms with E-state index in [2.05, 4.69) is 36.1 Å². The average Bonchev–Trinajstić information content (AvgIpc) is 3.15. The molecular weight excluding hydrogens is 260 g/mol. The molecular formula is C18H26N2O. The number of β-amino-alcohol motifs (C(OH)–C–C–N with tert-alkyl or cyclic N) is 1. The van der Waals surface area contributed by atoms with Gasteiger partial charge in [0.15, 0.2) is 0 Å². The lowest BCUT2D eigenvalue weighted by Gasteiger charge is -2.42. The standard InChI is InChI=1S/C18H26N2O/c1-13-8-18(21,12-20(13)16-6-7-16)17(11-19)9-14-4-2-3-5-15(14)10-17/h2-5,13,16,21H,6-12,19H2,1H3. The summed E-state index contributed by atoms with van der Waals surface area (Å²) in [7, 11) is 0. The Morgan fingerprint density at radius 2 is 1.86 bits per heavy atom. The molecule has 2 atom stereocenters. The number of hydrogen-bond acceptors (Lipinski definition) is 3. The highest BCUT2D eigenvalue weighted by Gasteiger charge is 2.58. The van der Waals surface area contributed by atoms with Gasteiger partial charge in [0.1, 0.15) is 0 Å². The molecule has 0 spiro atoms. The maximum absolute atomic E-state index is 11.5. The molecule has 1 heterocycles. The summed E-state index contributed by atoms with van der Waals surface area (Å²) in [6, 6.07) is 9.80. The van der Waals surface area contributed by atoms with Gasteiger partial charge in [-0.05, 0) is 50.2 Å². The molecule has 1 aromatic carbocycles. The fraction of sp³-hybridized carbons (Fsp3) is 0.667. The molecule has 3 heteroatoms. The topological polar surface area (TPSA) is 49.5 Å². The lowest BCUT2D eigenvalue weighted by Crippen LogP contribution is -2.55. The molecule has 0 aromatic heterocycles. The minimum absolute atomic E-state index is 0.172. The fourth-order valence-corrected chi connectivity index (χ4v) is 4.77. The summed E-state index contributed by atoms with van der Waals surface area (Å²) in [4.78, 5) is 2.53. The summed E-state index contributed by atoms with van der Waals surface area (Å²) in [6.07, 6.45) is 5.34. The summed E-state index contributed by atoms with van der Waals surface area (Å²) >= 11 is 0. The smallest absolute Gasteiger partial charge is 0.0863 e. The first-order valence-electron chi connectivity index (χ1n) is 8.32. The van der Waals surface area contributed by atoms with E-state index < -0.39 is 5.60 Å². The van der Waals surface area contributed by atoms with Crippen LogP contribution in [0.5, 0.6) is 0 Å². The molecule has 0 bridgehead atoms. The quantitative estimate of drug-likeness (QED) is 0.889. The van der Waals surface area contributed by atoms with Crippen molar-refractivity contribution in [2.75, 3.05) is 13.1 Å². The normalized spacial score (nSPS) is 35.1. The third-order valence-corrected chi connectivity index (χ3v) is 6.21. The molecule has 2 fully saturated rings. The molecule has 0 amide bonds. The summed E-state index contributed by atoms with van der Waals surface area (Å²) in [5.41, 5.74) is 8.18. The third-order valence-electron chi connectivity index (χ3n) is 6.21. The second kappa shape index (κ2) is 4.55. The van der Waals surface area contributed by atoms with E-state index in [4.69, 9.17) is 5.73 Å². The van der Waals surface area contributed by atoms with Crippen molar-refractivity contribution in [1.82, 2.24) is 4.90 Å². The zero-order valence-electron chi connectivity index (χ0n) is 12.9. The maximum atomic E-state index is 11.5. The van der Waals surface area contributed by atoms with Crippen LogP contribution in [-0.2, 0) is 12.8 Å². The maximum Gasteiger partial charge on any atom is 0.0863 e. The van der Waals surface area contributed by atoms with Crippen molar-refractivity contribution in [1.29, 1.82) is 0 Å². The summed E-state index contributed by atoms with van der Waals surface area (Å²) < 4.78 is 0. The van der Waals surface area contributed by atoms with E-state index in [9.17, 15) is 5.11 Å². The molecule has 4 rings (SSSR count). The predicted octanol–water partition coefficient (Wildman–Crippen LogP) is 1.72. The summed E-state index contributed by atoms with van der Waals surface area (Å²) in [5, 5.41) is 11.5. The predicted molar refractivity (Wildman–Crippen MR) is 84.1 cm³/mol. The van der Waals surface area contributed by atoms with Crippen LogP contribution in [0.4, 0.5) is 0 Å². The number of rotatable bonds is 3. The van der Waals surface area contributed by atoms with Gasteiger partial charge in [-0.15, -0.1) is 0 Å². The van der Waals surface area contributed by atoms with Crippen LogP contribution in [0.1, 0.15) is 37.3 Å². The number of aliphatic hydroxyl groups is 1. The number of nitrogens with two attached hydrogens (primary N) is 1. The molecule has 1 saturated carbocycles. The SMILES string of the molecule is CC1CC(O)(C2(CN)Cc3ccccc3C2)CN1C1CC1. The van der Waals surface area contributed by atoms with Gasteiger partial charge in [0.25, 0.3) is 0 Å². The Kier molecular flexibility index (Phi) is 2.97. The molecule has 114 valence electrons. The Hall–Kier alpha value is -0.900. The largest absolute Gasteiger partial charge is 0.388 e. The monoisotopic (exact) mass is 286 g/mol. The lowest BCUT2D eigenvalue weighted by atomic mass is 9.68. The van der Waals surface area contributed by atoms with Gasteiger partial charge in [-0.2, -0.15) is 0 Å². The van der Waals surface area contributed by atoms with Crippen molar-refractivity contribution in [3.63, 3.8) is 0 Å². The second-order valence-electron chi connectivity index (χ2n) is 7.59. The van der Waals surface area contributed by atoms with Gasteiger partial charge in [-0.25, -0.2) is 0 Å². The Bertz CT molecular complexity index is 529. The van der Waals surface area contributed by atoms with Crippen LogP contribution in [0.15, 0.2) is 24.3 Å². The number of benzene rings is 1. The van der Waals surface area contributed by atoms with E-state index in [0.29, 0.717) is 18.6 Å². The van der Waals surface area contributed by atoms with Gasteiger partial charge >= 0.3 is 0 Å². The van der Waals surface area contributed by atoms with Crippen LogP contribution in [-0.4, -0.2) is 40.8 Å². The van der Waals surface area contributed by atoms with Crippen LogP contribution in [0.3, 0.4) is 0 Å². The Morgan fingerprint density at radius 1 is 1.24 bits per heavy atom. The third kappa shape index (κ3) is 1.98. The first-order valence-corrected chi connectivity index (χ1v) is 8.32. The summed E-state index contributed by atoms with van der Waals surface area (Å²) in [6.45, 7) is 3.65. The minimum Gasteiger partial charge on any atom is -0.388 e. The lowest BCUT2D eigenvalue weighted by molar-refractivity contribution is -0.0677. The number of fused-ring (bicyclic) bond motifs is 1. The molecule has 1 saturated heterocycles. The molecule has 1 aliphatic heterocycles. The van der Waals surface area contributed by atoms with Crippen molar-refractivity contribution in [3.05, 3.63) is 35.4 Å². The zero-order valence-corrected chi connectivity index (χ0v) is 12.9. The first kappa shape index (κ1) is 13.7. The zero-order chi connectivity index (χ0) is 14.7. The Balaban J connectivity index is 1.65. The molecule has 0 radical (unpaired) electrons. The average molecular weight is 286 g/mol. The van der Waals surface area contributed by atoms with Gasteiger partial charge < -0.3 is 10.8 Å². The van der Waals surface area contributed by atoms with E-state index >= 15 is 0 Å². The van der Waals surface area contributed by atoms with Crippen LogP contribution in [0.2, 0.25) is 0 Å². The van der Waals surface area contributed by atoms with Gasteiger partial charge in [-0.3, -0.25) is 4.90 Å². The number of likely N-dealkylation sites (tertiary alicyclic amines) is 1. The van der Waals surface area contributed by atoms with Crippen molar-refractivity contribution in [3.8, 4) is 0 Å². The molecule has 1 aromatic rings. The molecule has 21 heavy (non-hydrogen) atoms. The highest BCUT2D eigenvalue weighted by Crippen LogP contribution is 2.51. The van der Waals surface area contributed by atoms with Gasteiger partial charge in [0, 0.05) is 30.6 Å². The molecule has 3 N–H and O–H groups in total. The molecule has 3 aliphatic rings. The van der Waals surface area contributed by atoms with Gasteiger partial charge in [0.05, 0.1) is 5.60 Å². The van der Waals surface area contributed by atoms with E-state index in [1.807, 2.05) is 0 Å². The molecule has 2 unspecified atom stereocenters. The van der Waals surface area contributed by atoms with Crippen molar-refractivity contribution >= 4 is 0 Å². The Morgan fingerprint density at radius 3 is 2.38 bits per heavy atom. The van der Waals surface area contributed by atoms with Crippen molar-refractivity contribution in [2.24, 2.45) is 11.1 Å². The van der Waals surface area contributed by atoms with Gasteiger partial charge in [-0.1, -0.05) is 24.3 Å². The second-order valence-corrected chi connectivity index (χ2v) is 7.59.